The Hall–Kier alpha value is -3.28. The number of nitrogens with one attached hydrogen (secondary N) is 3. The summed E-state index contributed by atoms with van der Waals surface area (Å²) in [4.78, 5) is 27.2. The molecule has 6 nitrogen and oxygen atoms in total. The van der Waals surface area contributed by atoms with Crippen molar-refractivity contribution in [3.05, 3.63) is 60.7 Å². The van der Waals surface area contributed by atoms with Crippen molar-refractivity contribution in [1.82, 2.24) is 0 Å². The molecule has 4 rings (SSSR count). The molecule has 2 aliphatic rings. The molecule has 32 heavy (non-hydrogen) atoms. The van der Waals surface area contributed by atoms with E-state index < -0.39 is 0 Å². The van der Waals surface area contributed by atoms with Crippen LogP contribution in [0.4, 0.5) is 22.7 Å². The molecule has 1 heterocycles. The minimum atomic E-state index is -0.132. The lowest BCUT2D eigenvalue weighted by atomic mass is 10.0. The van der Waals surface area contributed by atoms with Crippen LogP contribution in [0.25, 0.3) is 0 Å². The third-order valence-corrected chi connectivity index (χ3v) is 6.07. The topological polar surface area (TPSA) is 73.5 Å². The molecule has 6 heteroatoms. The van der Waals surface area contributed by atoms with E-state index >= 15 is 0 Å². The van der Waals surface area contributed by atoms with E-state index in [2.05, 4.69) is 45.1 Å². The molecule has 2 aromatic rings. The number of anilines is 4. The highest BCUT2D eigenvalue weighted by molar-refractivity contribution is 5.97. The maximum atomic E-state index is 12.5. The largest absolute Gasteiger partial charge is 0.374 e. The van der Waals surface area contributed by atoms with Crippen LogP contribution in [0.5, 0.6) is 0 Å². The molecule has 3 N–H and O–H groups in total. The molecule has 168 valence electrons. The molecule has 1 fully saturated rings. The number of piperidine rings is 1. The van der Waals surface area contributed by atoms with Crippen LogP contribution in [-0.4, -0.2) is 31.4 Å². The van der Waals surface area contributed by atoms with Gasteiger partial charge in [-0.1, -0.05) is 24.3 Å². The fourth-order valence-corrected chi connectivity index (χ4v) is 4.34. The Morgan fingerprint density at radius 2 is 1.62 bits per heavy atom. The van der Waals surface area contributed by atoms with Crippen molar-refractivity contribution in [2.45, 2.75) is 38.5 Å². The van der Waals surface area contributed by atoms with Crippen LogP contribution in [0.15, 0.2) is 60.7 Å². The summed E-state index contributed by atoms with van der Waals surface area (Å²) in [5.41, 5.74) is 3.42. The van der Waals surface area contributed by atoms with Crippen molar-refractivity contribution in [2.24, 2.45) is 5.92 Å². The predicted molar refractivity (Wildman–Crippen MR) is 131 cm³/mol. The Bertz CT molecular complexity index is 949. The van der Waals surface area contributed by atoms with Crippen LogP contribution in [-0.2, 0) is 9.59 Å². The van der Waals surface area contributed by atoms with Crippen molar-refractivity contribution < 1.29 is 9.59 Å². The van der Waals surface area contributed by atoms with Gasteiger partial charge in [0.05, 0.1) is 17.9 Å². The normalized spacial score (nSPS) is 17.8. The molecule has 0 radical (unpaired) electrons. The second-order valence-electron chi connectivity index (χ2n) is 8.56. The van der Waals surface area contributed by atoms with Crippen LogP contribution in [0.2, 0.25) is 0 Å². The SMILES string of the molecule is O=C(CNc1ccccc1NC(=O)CC1C=CCC1)Nc1ccc(N2CCCCC2)cc1. The molecule has 1 aliphatic carbocycles. The van der Waals surface area contributed by atoms with Crippen molar-refractivity contribution in [3.63, 3.8) is 0 Å². The van der Waals surface area contributed by atoms with Gasteiger partial charge in [0.2, 0.25) is 11.8 Å². The van der Waals surface area contributed by atoms with E-state index in [1.807, 2.05) is 36.4 Å². The highest BCUT2D eigenvalue weighted by atomic mass is 16.2. The number of nitrogens with zero attached hydrogens (tertiary/aromatic N) is 1. The average molecular weight is 433 g/mol. The molecule has 1 aliphatic heterocycles. The summed E-state index contributed by atoms with van der Waals surface area (Å²) in [6.07, 6.45) is 10.6. The molecule has 1 unspecified atom stereocenters. The first kappa shape index (κ1) is 21.9. The fraction of sp³-hybridized carbons (Fsp3) is 0.385. The van der Waals surface area contributed by atoms with Gasteiger partial charge in [0.1, 0.15) is 0 Å². The maximum absolute atomic E-state index is 12.5. The average Bonchev–Trinajstić information content (AvgIpc) is 3.32. The van der Waals surface area contributed by atoms with Crippen molar-refractivity contribution in [2.75, 3.05) is 40.5 Å². The summed E-state index contributed by atoms with van der Waals surface area (Å²) >= 11 is 0. The van der Waals surface area contributed by atoms with Gasteiger partial charge < -0.3 is 20.9 Å². The second kappa shape index (κ2) is 10.8. The summed E-state index contributed by atoms with van der Waals surface area (Å²) in [6.45, 7) is 2.32. The van der Waals surface area contributed by atoms with E-state index in [4.69, 9.17) is 0 Å². The Kier molecular flexibility index (Phi) is 7.43. The smallest absolute Gasteiger partial charge is 0.243 e. The minimum absolute atomic E-state index is 0.00551. The van der Waals surface area contributed by atoms with E-state index in [-0.39, 0.29) is 18.4 Å². The summed E-state index contributed by atoms with van der Waals surface area (Å²) in [5.74, 6) is 0.184. The summed E-state index contributed by atoms with van der Waals surface area (Å²) < 4.78 is 0. The van der Waals surface area contributed by atoms with Gasteiger partial charge in [-0.15, -0.1) is 0 Å². The van der Waals surface area contributed by atoms with Gasteiger partial charge in [0, 0.05) is 30.9 Å². The van der Waals surface area contributed by atoms with Gasteiger partial charge in [-0.2, -0.15) is 0 Å². The number of para-hydroxylation sites is 2. The number of amides is 2. The molecule has 1 saturated heterocycles. The van der Waals surface area contributed by atoms with Gasteiger partial charge in [0.25, 0.3) is 0 Å². The highest BCUT2D eigenvalue weighted by Crippen LogP contribution is 2.25. The molecule has 0 saturated carbocycles. The summed E-state index contributed by atoms with van der Waals surface area (Å²) in [6, 6.07) is 15.5. The predicted octanol–water partition coefficient (Wildman–Crippen LogP) is 5.02. The van der Waals surface area contributed by atoms with E-state index in [0.29, 0.717) is 18.0 Å². The minimum Gasteiger partial charge on any atom is -0.374 e. The van der Waals surface area contributed by atoms with E-state index in [1.54, 1.807) is 0 Å². The molecule has 0 spiro atoms. The lowest BCUT2D eigenvalue weighted by Gasteiger charge is -2.28. The molecule has 0 aromatic heterocycles. The third-order valence-electron chi connectivity index (χ3n) is 6.07. The summed E-state index contributed by atoms with van der Waals surface area (Å²) in [7, 11) is 0. The highest BCUT2D eigenvalue weighted by Gasteiger charge is 2.15. The molecular formula is C26H32N4O2. The number of carbonyl (C=O) groups is 2. The standard InChI is InChI=1S/C26H32N4O2/c31-25(18-20-8-2-3-9-20)29-24-11-5-4-10-23(24)27-19-26(32)28-21-12-14-22(15-13-21)30-16-6-1-7-17-30/h2,4-5,8,10-15,20,27H,1,3,6-7,9,16-19H2,(H,28,32)(H,29,31). The summed E-state index contributed by atoms with van der Waals surface area (Å²) in [5, 5.41) is 9.06. The zero-order valence-corrected chi connectivity index (χ0v) is 18.5. The number of carbonyl (C=O) groups excluding carboxylic acids is 2. The Balaban J connectivity index is 1.27. The Morgan fingerprint density at radius 3 is 2.34 bits per heavy atom. The van der Waals surface area contributed by atoms with Gasteiger partial charge in [-0.3, -0.25) is 9.59 Å². The lowest BCUT2D eigenvalue weighted by molar-refractivity contribution is -0.117. The van der Waals surface area contributed by atoms with Gasteiger partial charge in [-0.05, 0) is 74.4 Å². The van der Waals surface area contributed by atoms with E-state index in [1.165, 1.54) is 24.9 Å². The molecule has 0 bridgehead atoms. The Morgan fingerprint density at radius 1 is 0.875 bits per heavy atom. The molecular weight excluding hydrogens is 400 g/mol. The number of allylic oxidation sites excluding steroid dienone is 2. The van der Waals surface area contributed by atoms with Gasteiger partial charge in [-0.25, -0.2) is 0 Å². The van der Waals surface area contributed by atoms with Gasteiger partial charge >= 0.3 is 0 Å². The van der Waals surface area contributed by atoms with Crippen LogP contribution >= 0.6 is 0 Å². The van der Waals surface area contributed by atoms with Crippen molar-refractivity contribution >= 4 is 34.6 Å². The molecule has 2 amide bonds. The third kappa shape index (κ3) is 6.13. The van der Waals surface area contributed by atoms with E-state index in [0.717, 1.165) is 37.3 Å². The van der Waals surface area contributed by atoms with Crippen molar-refractivity contribution in [1.29, 1.82) is 0 Å². The van der Waals surface area contributed by atoms with Crippen LogP contribution in [0.1, 0.15) is 38.5 Å². The number of hydrogen-bond donors (Lipinski definition) is 3. The zero-order valence-electron chi connectivity index (χ0n) is 18.5. The number of rotatable bonds is 8. The number of benzene rings is 2. The van der Waals surface area contributed by atoms with E-state index in [9.17, 15) is 9.59 Å². The van der Waals surface area contributed by atoms with Crippen molar-refractivity contribution in [3.8, 4) is 0 Å². The van der Waals surface area contributed by atoms with Crippen LogP contribution in [0.3, 0.4) is 0 Å². The first-order chi connectivity index (χ1) is 15.7. The second-order valence-corrected chi connectivity index (χ2v) is 8.56. The van der Waals surface area contributed by atoms with Gasteiger partial charge in [0.15, 0.2) is 0 Å². The lowest BCUT2D eigenvalue weighted by Crippen LogP contribution is -2.29. The zero-order chi connectivity index (χ0) is 22.2. The first-order valence-electron chi connectivity index (χ1n) is 11.6. The first-order valence-corrected chi connectivity index (χ1v) is 11.6. The fourth-order valence-electron chi connectivity index (χ4n) is 4.34. The van der Waals surface area contributed by atoms with Crippen LogP contribution in [0, 0.1) is 5.92 Å². The maximum Gasteiger partial charge on any atom is 0.243 e. The monoisotopic (exact) mass is 432 g/mol. The van der Waals surface area contributed by atoms with Crippen LogP contribution < -0.4 is 20.9 Å². The molecule has 2 aromatic carbocycles. The molecule has 1 atom stereocenters. The Labute approximate surface area is 190 Å². The quantitative estimate of drug-likeness (QED) is 0.512. The number of hydrogen-bond acceptors (Lipinski definition) is 4.